The number of carbonyl (C=O) groups is 1. The van der Waals surface area contributed by atoms with Gasteiger partial charge in [0, 0.05) is 19.2 Å². The fourth-order valence-electron chi connectivity index (χ4n) is 1.18. The first-order valence-corrected chi connectivity index (χ1v) is 5.22. The van der Waals surface area contributed by atoms with Gasteiger partial charge in [-0.05, 0) is 24.8 Å². The van der Waals surface area contributed by atoms with Crippen molar-refractivity contribution in [2.75, 3.05) is 17.7 Å². The van der Waals surface area contributed by atoms with Crippen molar-refractivity contribution in [1.82, 2.24) is 0 Å². The van der Waals surface area contributed by atoms with Crippen LogP contribution in [0, 0.1) is 6.92 Å². The van der Waals surface area contributed by atoms with Gasteiger partial charge in [0.2, 0.25) is 5.91 Å². The van der Waals surface area contributed by atoms with Gasteiger partial charge >= 0.3 is 0 Å². The Morgan fingerprint density at radius 1 is 1.36 bits per heavy atom. The number of amides is 1. The molecule has 0 fully saturated rings. The summed E-state index contributed by atoms with van der Waals surface area (Å²) in [5, 5.41) is 0. The molecule has 1 aromatic carbocycles. The molecule has 2 nitrogen and oxygen atoms in total. The van der Waals surface area contributed by atoms with Gasteiger partial charge < -0.3 is 4.90 Å². The standard InChI is InChI=1S/C11H15NOS/c1-9-3-5-10(6-4-9)12(2)11(13)7-8-14/h3-6,14H,7-8H2,1-2H3. The second kappa shape index (κ2) is 5.05. The average molecular weight is 209 g/mol. The van der Waals surface area contributed by atoms with Crippen molar-refractivity contribution in [3.8, 4) is 0 Å². The highest BCUT2D eigenvalue weighted by Crippen LogP contribution is 2.14. The highest BCUT2D eigenvalue weighted by atomic mass is 32.1. The number of anilines is 1. The number of rotatable bonds is 3. The molecule has 76 valence electrons. The summed E-state index contributed by atoms with van der Waals surface area (Å²) in [6.07, 6.45) is 0.480. The molecule has 1 amide bonds. The predicted octanol–water partition coefficient (Wildman–Crippen LogP) is 2.28. The lowest BCUT2D eigenvalue weighted by atomic mass is 10.2. The lowest BCUT2D eigenvalue weighted by molar-refractivity contribution is -0.117. The molecule has 0 bridgehead atoms. The molecule has 0 radical (unpaired) electrons. The molecule has 0 heterocycles. The number of aryl methyl sites for hydroxylation is 1. The van der Waals surface area contributed by atoms with E-state index in [1.54, 1.807) is 11.9 Å². The molecule has 0 saturated carbocycles. The van der Waals surface area contributed by atoms with Gasteiger partial charge in [-0.2, -0.15) is 12.6 Å². The smallest absolute Gasteiger partial charge is 0.227 e. The molecular formula is C11H15NOS. The van der Waals surface area contributed by atoms with Crippen LogP contribution >= 0.6 is 12.6 Å². The van der Waals surface area contributed by atoms with Crippen molar-refractivity contribution in [3.05, 3.63) is 29.8 Å². The molecule has 0 aliphatic heterocycles. The molecule has 0 saturated heterocycles. The molecule has 1 rings (SSSR count). The Balaban J connectivity index is 2.73. The van der Waals surface area contributed by atoms with E-state index in [0.29, 0.717) is 12.2 Å². The van der Waals surface area contributed by atoms with Crippen LogP contribution in [0.3, 0.4) is 0 Å². The Bertz CT molecular complexity index is 308. The molecule has 0 unspecified atom stereocenters. The van der Waals surface area contributed by atoms with E-state index in [-0.39, 0.29) is 5.91 Å². The van der Waals surface area contributed by atoms with E-state index in [4.69, 9.17) is 0 Å². The zero-order chi connectivity index (χ0) is 10.6. The second-order valence-corrected chi connectivity index (χ2v) is 3.71. The molecule has 0 spiro atoms. The van der Waals surface area contributed by atoms with Crippen molar-refractivity contribution < 1.29 is 4.79 Å². The summed E-state index contributed by atoms with van der Waals surface area (Å²) in [6.45, 7) is 2.03. The van der Waals surface area contributed by atoms with Crippen LogP contribution in [0.1, 0.15) is 12.0 Å². The fourth-order valence-corrected chi connectivity index (χ4v) is 1.37. The number of hydrogen-bond donors (Lipinski definition) is 1. The van der Waals surface area contributed by atoms with Crippen molar-refractivity contribution in [2.24, 2.45) is 0 Å². The first-order valence-electron chi connectivity index (χ1n) is 4.59. The summed E-state index contributed by atoms with van der Waals surface area (Å²) in [6, 6.07) is 7.90. The summed E-state index contributed by atoms with van der Waals surface area (Å²) in [5.41, 5.74) is 2.13. The van der Waals surface area contributed by atoms with Crippen molar-refractivity contribution in [2.45, 2.75) is 13.3 Å². The van der Waals surface area contributed by atoms with Crippen LogP contribution in [0.25, 0.3) is 0 Å². The summed E-state index contributed by atoms with van der Waals surface area (Å²) in [5.74, 6) is 0.693. The van der Waals surface area contributed by atoms with Crippen molar-refractivity contribution >= 4 is 24.2 Å². The van der Waals surface area contributed by atoms with Gasteiger partial charge in [-0.25, -0.2) is 0 Å². The predicted molar refractivity (Wildman–Crippen MR) is 63.1 cm³/mol. The monoisotopic (exact) mass is 209 g/mol. The normalized spacial score (nSPS) is 9.93. The van der Waals surface area contributed by atoms with E-state index in [9.17, 15) is 4.79 Å². The highest BCUT2D eigenvalue weighted by molar-refractivity contribution is 7.80. The minimum atomic E-state index is 0.101. The van der Waals surface area contributed by atoms with Crippen LogP contribution in [0.5, 0.6) is 0 Å². The van der Waals surface area contributed by atoms with Gasteiger partial charge in [-0.1, -0.05) is 17.7 Å². The number of carbonyl (C=O) groups excluding carboxylic acids is 1. The molecular weight excluding hydrogens is 194 g/mol. The third kappa shape index (κ3) is 2.77. The van der Waals surface area contributed by atoms with E-state index in [1.807, 2.05) is 31.2 Å². The van der Waals surface area contributed by atoms with E-state index in [2.05, 4.69) is 12.6 Å². The fraction of sp³-hybridized carbons (Fsp3) is 0.364. The summed E-state index contributed by atoms with van der Waals surface area (Å²) in [4.78, 5) is 13.2. The van der Waals surface area contributed by atoms with Crippen LogP contribution in [-0.2, 0) is 4.79 Å². The Kier molecular flexibility index (Phi) is 4.01. The van der Waals surface area contributed by atoms with Gasteiger partial charge in [0.25, 0.3) is 0 Å². The molecule has 0 aliphatic rings. The third-order valence-electron chi connectivity index (χ3n) is 2.12. The molecule has 0 aliphatic carbocycles. The average Bonchev–Trinajstić information content (AvgIpc) is 2.18. The topological polar surface area (TPSA) is 20.3 Å². The third-order valence-corrected chi connectivity index (χ3v) is 2.34. The quantitative estimate of drug-likeness (QED) is 0.757. The van der Waals surface area contributed by atoms with Crippen LogP contribution in [-0.4, -0.2) is 18.7 Å². The van der Waals surface area contributed by atoms with Crippen LogP contribution in [0.2, 0.25) is 0 Å². The van der Waals surface area contributed by atoms with Crippen LogP contribution < -0.4 is 4.90 Å². The number of thiol groups is 1. The zero-order valence-electron chi connectivity index (χ0n) is 8.53. The van der Waals surface area contributed by atoms with Gasteiger partial charge in [0.1, 0.15) is 0 Å². The number of benzene rings is 1. The highest BCUT2D eigenvalue weighted by Gasteiger charge is 2.08. The molecule has 14 heavy (non-hydrogen) atoms. The minimum absolute atomic E-state index is 0.101. The first kappa shape index (κ1) is 11.1. The SMILES string of the molecule is Cc1ccc(N(C)C(=O)CCS)cc1. The largest absolute Gasteiger partial charge is 0.315 e. The van der Waals surface area contributed by atoms with Crippen LogP contribution in [0.4, 0.5) is 5.69 Å². The molecule has 0 atom stereocenters. The maximum absolute atomic E-state index is 11.5. The second-order valence-electron chi connectivity index (χ2n) is 3.26. The molecule has 0 aromatic heterocycles. The number of hydrogen-bond acceptors (Lipinski definition) is 2. The van der Waals surface area contributed by atoms with Gasteiger partial charge in [0.05, 0.1) is 0 Å². The summed E-state index contributed by atoms with van der Waals surface area (Å²) in [7, 11) is 1.79. The van der Waals surface area contributed by atoms with E-state index < -0.39 is 0 Å². The van der Waals surface area contributed by atoms with Gasteiger partial charge in [-0.3, -0.25) is 4.79 Å². The lowest BCUT2D eigenvalue weighted by Gasteiger charge is -2.16. The summed E-state index contributed by atoms with van der Waals surface area (Å²) >= 11 is 4.04. The zero-order valence-corrected chi connectivity index (χ0v) is 9.42. The van der Waals surface area contributed by atoms with Gasteiger partial charge in [-0.15, -0.1) is 0 Å². The van der Waals surface area contributed by atoms with E-state index >= 15 is 0 Å². The maximum atomic E-state index is 11.5. The number of nitrogens with zero attached hydrogens (tertiary/aromatic N) is 1. The summed E-state index contributed by atoms with van der Waals surface area (Å²) < 4.78 is 0. The minimum Gasteiger partial charge on any atom is -0.315 e. The Labute approximate surface area is 90.3 Å². The first-order chi connectivity index (χ1) is 6.65. The lowest BCUT2D eigenvalue weighted by Crippen LogP contribution is -2.26. The Morgan fingerprint density at radius 3 is 2.43 bits per heavy atom. The van der Waals surface area contributed by atoms with Crippen molar-refractivity contribution in [3.63, 3.8) is 0 Å². The Morgan fingerprint density at radius 2 is 1.93 bits per heavy atom. The Hall–Kier alpha value is -0.960. The molecule has 3 heteroatoms. The van der Waals surface area contributed by atoms with Crippen LogP contribution in [0.15, 0.2) is 24.3 Å². The molecule has 0 N–H and O–H groups in total. The molecule has 1 aromatic rings. The van der Waals surface area contributed by atoms with Crippen molar-refractivity contribution in [1.29, 1.82) is 0 Å². The van der Waals surface area contributed by atoms with E-state index in [0.717, 1.165) is 5.69 Å². The van der Waals surface area contributed by atoms with E-state index in [1.165, 1.54) is 5.56 Å². The van der Waals surface area contributed by atoms with Gasteiger partial charge in [0.15, 0.2) is 0 Å². The maximum Gasteiger partial charge on any atom is 0.227 e.